The molecule has 2 aromatic rings. The molecule has 0 fully saturated rings. The number of carbonyl (C=O) groups is 1. The smallest absolute Gasteiger partial charge is 0.305 e. The summed E-state index contributed by atoms with van der Waals surface area (Å²) in [5, 5.41) is 8.41. The second-order valence-electron chi connectivity index (χ2n) is 6.80. The van der Waals surface area contributed by atoms with Crippen LogP contribution in [0.1, 0.15) is 70.4 Å². The lowest BCUT2D eigenvalue weighted by Crippen LogP contribution is -2.03. The van der Waals surface area contributed by atoms with E-state index in [1.807, 2.05) is 37.3 Å². The summed E-state index contributed by atoms with van der Waals surface area (Å²) in [7, 11) is 0. The summed E-state index contributed by atoms with van der Waals surface area (Å²) in [4.78, 5) is 11.2. The number of hydrogen-bond acceptors (Lipinski definition) is 5. The minimum atomic E-state index is -0.0685. The Morgan fingerprint density at radius 1 is 1.00 bits per heavy atom. The van der Waals surface area contributed by atoms with Gasteiger partial charge in [0, 0.05) is 6.42 Å². The minimum absolute atomic E-state index is 0.0685. The highest BCUT2D eigenvalue weighted by Crippen LogP contribution is 2.17. The standard InChI is InChI=1S/C21H32N4O2/c1-2-27-20(26)17-13-8-6-4-3-5-7-12-16-19-21(22)25(24-23-19)18-14-10-9-11-15-18/h9-11,14-15H,2-8,12-13,16-17,22H2,1H3. The molecular weight excluding hydrogens is 340 g/mol. The van der Waals surface area contributed by atoms with E-state index < -0.39 is 0 Å². The van der Waals surface area contributed by atoms with Gasteiger partial charge in [0.1, 0.15) is 5.69 Å². The number of aryl methyl sites for hydroxylation is 1. The van der Waals surface area contributed by atoms with Gasteiger partial charge in [-0.2, -0.15) is 4.68 Å². The van der Waals surface area contributed by atoms with Crippen molar-refractivity contribution in [3.63, 3.8) is 0 Å². The van der Waals surface area contributed by atoms with Crippen LogP contribution in [0.4, 0.5) is 5.82 Å². The van der Waals surface area contributed by atoms with E-state index in [2.05, 4.69) is 10.3 Å². The first kappa shape index (κ1) is 20.9. The van der Waals surface area contributed by atoms with Gasteiger partial charge in [-0.1, -0.05) is 61.9 Å². The van der Waals surface area contributed by atoms with Crippen molar-refractivity contribution < 1.29 is 9.53 Å². The summed E-state index contributed by atoms with van der Waals surface area (Å²) < 4.78 is 6.63. The highest BCUT2D eigenvalue weighted by atomic mass is 16.5. The van der Waals surface area contributed by atoms with E-state index in [1.165, 1.54) is 32.1 Å². The van der Waals surface area contributed by atoms with Gasteiger partial charge in [0.2, 0.25) is 0 Å². The Balaban J connectivity index is 1.53. The molecule has 2 N–H and O–H groups in total. The Labute approximate surface area is 162 Å². The lowest BCUT2D eigenvalue weighted by atomic mass is 10.1. The molecule has 1 heterocycles. The van der Waals surface area contributed by atoms with Crippen molar-refractivity contribution in [3.05, 3.63) is 36.0 Å². The molecule has 148 valence electrons. The second kappa shape index (κ2) is 12.1. The lowest BCUT2D eigenvalue weighted by molar-refractivity contribution is -0.143. The van der Waals surface area contributed by atoms with E-state index in [4.69, 9.17) is 10.5 Å². The molecule has 0 aliphatic rings. The second-order valence-corrected chi connectivity index (χ2v) is 6.80. The minimum Gasteiger partial charge on any atom is -0.466 e. The van der Waals surface area contributed by atoms with Crippen molar-refractivity contribution in [2.24, 2.45) is 0 Å². The highest BCUT2D eigenvalue weighted by molar-refractivity contribution is 5.69. The maximum absolute atomic E-state index is 11.2. The first-order valence-electron chi connectivity index (χ1n) is 10.1. The van der Waals surface area contributed by atoms with E-state index in [1.54, 1.807) is 4.68 Å². The molecule has 0 unspecified atom stereocenters. The van der Waals surface area contributed by atoms with Crippen LogP contribution in [0.15, 0.2) is 30.3 Å². The van der Waals surface area contributed by atoms with Crippen LogP contribution in [0, 0.1) is 0 Å². The molecule has 1 aromatic heterocycles. The van der Waals surface area contributed by atoms with Gasteiger partial charge in [0.25, 0.3) is 0 Å². The number of nitrogen functional groups attached to an aromatic ring is 1. The van der Waals surface area contributed by atoms with Crippen molar-refractivity contribution in [1.82, 2.24) is 15.0 Å². The van der Waals surface area contributed by atoms with Crippen LogP contribution in [0.25, 0.3) is 5.69 Å². The van der Waals surface area contributed by atoms with E-state index in [0.717, 1.165) is 37.1 Å². The predicted molar refractivity (Wildman–Crippen MR) is 108 cm³/mol. The van der Waals surface area contributed by atoms with Crippen LogP contribution in [0.5, 0.6) is 0 Å². The molecule has 27 heavy (non-hydrogen) atoms. The number of benzene rings is 1. The number of aromatic nitrogens is 3. The maximum atomic E-state index is 11.2. The third kappa shape index (κ3) is 7.41. The van der Waals surface area contributed by atoms with E-state index in [9.17, 15) is 4.79 Å². The molecule has 0 amide bonds. The largest absolute Gasteiger partial charge is 0.466 e. The van der Waals surface area contributed by atoms with E-state index >= 15 is 0 Å². The third-order valence-electron chi connectivity index (χ3n) is 4.63. The average molecular weight is 373 g/mol. The van der Waals surface area contributed by atoms with Crippen molar-refractivity contribution in [3.8, 4) is 5.69 Å². The summed E-state index contributed by atoms with van der Waals surface area (Å²) in [6, 6.07) is 9.85. The van der Waals surface area contributed by atoms with Gasteiger partial charge in [0.05, 0.1) is 12.3 Å². The Morgan fingerprint density at radius 3 is 2.30 bits per heavy atom. The lowest BCUT2D eigenvalue weighted by Gasteiger charge is -2.04. The van der Waals surface area contributed by atoms with Crippen LogP contribution in [-0.2, 0) is 16.0 Å². The summed E-state index contributed by atoms with van der Waals surface area (Å²) in [6.07, 6.45) is 10.6. The number of esters is 1. The number of hydrogen-bond donors (Lipinski definition) is 1. The number of para-hydroxylation sites is 1. The Morgan fingerprint density at radius 2 is 1.63 bits per heavy atom. The number of nitrogens with zero attached hydrogens (tertiary/aromatic N) is 3. The van der Waals surface area contributed by atoms with Crippen molar-refractivity contribution in [1.29, 1.82) is 0 Å². The summed E-state index contributed by atoms with van der Waals surface area (Å²) in [5.74, 6) is 0.573. The van der Waals surface area contributed by atoms with Crippen LogP contribution in [0.2, 0.25) is 0 Å². The average Bonchev–Trinajstić information content (AvgIpc) is 3.04. The number of anilines is 1. The number of nitrogens with two attached hydrogens (primary N) is 1. The maximum Gasteiger partial charge on any atom is 0.305 e. The number of rotatable bonds is 13. The molecule has 0 radical (unpaired) electrons. The van der Waals surface area contributed by atoms with E-state index in [-0.39, 0.29) is 5.97 Å². The monoisotopic (exact) mass is 372 g/mol. The quantitative estimate of drug-likeness (QED) is 0.414. The molecule has 0 bridgehead atoms. The molecule has 6 heteroatoms. The van der Waals surface area contributed by atoms with Gasteiger partial charge in [-0.05, 0) is 38.3 Å². The fourth-order valence-corrected chi connectivity index (χ4v) is 3.11. The fraction of sp³-hybridized carbons (Fsp3) is 0.571. The molecule has 0 aliphatic heterocycles. The molecule has 0 atom stereocenters. The van der Waals surface area contributed by atoms with Gasteiger partial charge >= 0.3 is 5.97 Å². The zero-order chi connectivity index (χ0) is 19.3. The Bertz CT molecular complexity index is 670. The van der Waals surface area contributed by atoms with Gasteiger partial charge in [-0.25, -0.2) is 0 Å². The molecule has 0 spiro atoms. The number of ether oxygens (including phenoxy) is 1. The first-order valence-corrected chi connectivity index (χ1v) is 10.1. The van der Waals surface area contributed by atoms with Gasteiger partial charge in [0.15, 0.2) is 5.82 Å². The Kier molecular flexibility index (Phi) is 9.38. The summed E-state index contributed by atoms with van der Waals surface area (Å²) >= 11 is 0. The van der Waals surface area contributed by atoms with Crippen LogP contribution in [-0.4, -0.2) is 27.6 Å². The molecule has 0 saturated carbocycles. The van der Waals surface area contributed by atoms with Gasteiger partial charge in [-0.15, -0.1) is 5.10 Å². The predicted octanol–water partition coefficient (Wildman–Crippen LogP) is 4.47. The zero-order valence-corrected chi connectivity index (χ0v) is 16.4. The highest BCUT2D eigenvalue weighted by Gasteiger charge is 2.10. The van der Waals surface area contributed by atoms with Crippen molar-refractivity contribution in [2.45, 2.75) is 71.1 Å². The van der Waals surface area contributed by atoms with E-state index in [0.29, 0.717) is 18.8 Å². The molecule has 6 nitrogen and oxygen atoms in total. The van der Waals surface area contributed by atoms with Crippen molar-refractivity contribution in [2.75, 3.05) is 12.3 Å². The molecule has 1 aromatic carbocycles. The molecule has 2 rings (SSSR count). The summed E-state index contributed by atoms with van der Waals surface area (Å²) in [5.41, 5.74) is 8.02. The normalized spacial score (nSPS) is 10.9. The number of carbonyl (C=O) groups excluding carboxylic acids is 1. The third-order valence-corrected chi connectivity index (χ3v) is 4.63. The fourth-order valence-electron chi connectivity index (χ4n) is 3.11. The van der Waals surface area contributed by atoms with Gasteiger partial charge in [-0.3, -0.25) is 4.79 Å². The van der Waals surface area contributed by atoms with Crippen LogP contribution >= 0.6 is 0 Å². The molecular formula is C21H32N4O2. The first-order chi connectivity index (χ1) is 13.2. The summed E-state index contributed by atoms with van der Waals surface area (Å²) in [6.45, 7) is 2.32. The van der Waals surface area contributed by atoms with Crippen LogP contribution in [0.3, 0.4) is 0 Å². The topological polar surface area (TPSA) is 83.0 Å². The SMILES string of the molecule is CCOC(=O)CCCCCCCCCCc1nnn(-c2ccccc2)c1N. The van der Waals surface area contributed by atoms with Crippen LogP contribution < -0.4 is 5.73 Å². The molecule has 0 saturated heterocycles. The Hall–Kier alpha value is -2.37. The van der Waals surface area contributed by atoms with Gasteiger partial charge < -0.3 is 10.5 Å². The molecule has 0 aliphatic carbocycles. The zero-order valence-electron chi connectivity index (χ0n) is 16.4. The number of unbranched alkanes of at least 4 members (excludes halogenated alkanes) is 7. The van der Waals surface area contributed by atoms with Crippen molar-refractivity contribution >= 4 is 11.8 Å².